The van der Waals surface area contributed by atoms with E-state index < -0.39 is 23.5 Å². The first kappa shape index (κ1) is 9.79. The molecule has 0 fully saturated rings. The third-order valence-electron chi connectivity index (χ3n) is 1.54. The van der Waals surface area contributed by atoms with Crippen molar-refractivity contribution in [2.45, 2.75) is 13.0 Å². The van der Waals surface area contributed by atoms with Crippen LogP contribution in [0.3, 0.4) is 0 Å². The van der Waals surface area contributed by atoms with Gasteiger partial charge in [0.05, 0.1) is 11.3 Å². The third-order valence-corrected chi connectivity index (χ3v) is 1.54. The van der Waals surface area contributed by atoms with E-state index in [0.717, 1.165) is 0 Å². The van der Waals surface area contributed by atoms with Crippen molar-refractivity contribution < 1.29 is 13.2 Å². The highest BCUT2D eigenvalue weighted by molar-refractivity contribution is 5.17. The number of nitrogens with one attached hydrogen (secondary N) is 1. The average Bonchev–Trinajstić information content (AvgIpc) is 2.03. The van der Waals surface area contributed by atoms with Crippen LogP contribution in [0.1, 0.15) is 17.7 Å². The van der Waals surface area contributed by atoms with Crippen molar-refractivity contribution >= 4 is 0 Å². The molecule has 0 amide bonds. The second kappa shape index (κ2) is 3.61. The van der Waals surface area contributed by atoms with Crippen molar-refractivity contribution in [1.82, 2.24) is 4.98 Å². The Hall–Kier alpha value is -1.30. The number of pyridine rings is 1. The van der Waals surface area contributed by atoms with Crippen molar-refractivity contribution in [3.05, 3.63) is 33.5 Å². The van der Waals surface area contributed by atoms with Gasteiger partial charge in [-0.05, 0) is 6.07 Å². The molecule has 1 aromatic heterocycles. The lowest BCUT2D eigenvalue weighted by Crippen LogP contribution is -2.20. The number of hydrogen-bond acceptors (Lipinski definition) is 2. The summed E-state index contributed by atoms with van der Waals surface area (Å²) in [5, 5.41) is 0. The van der Waals surface area contributed by atoms with Gasteiger partial charge in [-0.15, -0.1) is 0 Å². The first-order valence-electron chi connectivity index (χ1n) is 3.46. The van der Waals surface area contributed by atoms with Crippen molar-refractivity contribution in [2.75, 3.05) is 0 Å². The predicted molar refractivity (Wildman–Crippen MR) is 39.9 cm³/mol. The predicted octanol–water partition coefficient (Wildman–Crippen LogP) is 0.910. The second-order valence-electron chi connectivity index (χ2n) is 2.39. The third kappa shape index (κ3) is 1.89. The minimum Gasteiger partial charge on any atom is -0.326 e. The molecule has 3 N–H and O–H groups in total. The normalized spacial score (nSPS) is 10.8. The Kier molecular flexibility index (Phi) is 2.72. The second-order valence-corrected chi connectivity index (χ2v) is 2.39. The number of aromatic nitrogens is 1. The number of hydrogen-bond donors (Lipinski definition) is 2. The summed E-state index contributed by atoms with van der Waals surface area (Å²) in [6, 6.07) is 0.578. The standard InChI is InChI=1S/C7H7F3N2O/c8-4-1-5(6(9)10)12-7(13)3(4)2-11/h1,6H,2,11H2,(H,12,13). The maximum Gasteiger partial charge on any atom is 0.278 e. The zero-order valence-electron chi connectivity index (χ0n) is 6.48. The number of aromatic amines is 1. The van der Waals surface area contributed by atoms with Gasteiger partial charge >= 0.3 is 0 Å². The van der Waals surface area contributed by atoms with Crippen molar-refractivity contribution in [3.63, 3.8) is 0 Å². The Morgan fingerprint density at radius 3 is 2.54 bits per heavy atom. The summed E-state index contributed by atoms with van der Waals surface area (Å²) in [5.41, 5.74) is 3.07. The van der Waals surface area contributed by atoms with Crippen LogP contribution in [0.2, 0.25) is 0 Å². The highest BCUT2D eigenvalue weighted by Gasteiger charge is 2.13. The molecule has 0 saturated heterocycles. The van der Waals surface area contributed by atoms with Crippen LogP contribution < -0.4 is 11.3 Å². The van der Waals surface area contributed by atoms with Crippen molar-refractivity contribution in [2.24, 2.45) is 5.73 Å². The molecule has 1 rings (SSSR count). The summed E-state index contributed by atoms with van der Waals surface area (Å²) >= 11 is 0. The number of H-pyrrole nitrogens is 1. The largest absolute Gasteiger partial charge is 0.326 e. The molecule has 0 unspecified atom stereocenters. The molecule has 3 nitrogen and oxygen atoms in total. The van der Waals surface area contributed by atoms with E-state index in [1.54, 1.807) is 0 Å². The molecule has 0 aliphatic heterocycles. The van der Waals surface area contributed by atoms with Gasteiger partial charge in [0.1, 0.15) is 5.82 Å². The van der Waals surface area contributed by atoms with Crippen LogP contribution in [-0.2, 0) is 6.54 Å². The smallest absolute Gasteiger partial charge is 0.278 e. The summed E-state index contributed by atoms with van der Waals surface area (Å²) in [6.07, 6.45) is -2.89. The molecular weight excluding hydrogens is 185 g/mol. The van der Waals surface area contributed by atoms with Gasteiger partial charge in [-0.3, -0.25) is 4.79 Å². The van der Waals surface area contributed by atoms with Crippen molar-refractivity contribution in [1.29, 1.82) is 0 Å². The minimum absolute atomic E-state index is 0.315. The van der Waals surface area contributed by atoms with Crippen LogP contribution in [0.4, 0.5) is 13.2 Å². The fourth-order valence-electron chi connectivity index (χ4n) is 0.882. The molecule has 0 radical (unpaired) electrons. The maximum atomic E-state index is 12.8. The van der Waals surface area contributed by atoms with E-state index in [4.69, 9.17) is 5.73 Å². The highest BCUT2D eigenvalue weighted by atomic mass is 19.3. The van der Waals surface area contributed by atoms with Gasteiger partial charge in [-0.2, -0.15) is 0 Å². The van der Waals surface area contributed by atoms with Crippen molar-refractivity contribution in [3.8, 4) is 0 Å². The highest BCUT2D eigenvalue weighted by Crippen LogP contribution is 2.16. The summed E-state index contributed by atoms with van der Waals surface area (Å²) in [4.78, 5) is 12.7. The Labute approximate surface area is 71.4 Å². The van der Waals surface area contributed by atoms with Gasteiger partial charge in [-0.25, -0.2) is 13.2 Å². The Balaban J connectivity index is 3.29. The van der Waals surface area contributed by atoms with E-state index in [1.165, 1.54) is 0 Å². The molecule has 1 heterocycles. The molecule has 0 aliphatic carbocycles. The van der Waals surface area contributed by atoms with Gasteiger partial charge in [0, 0.05) is 6.54 Å². The summed E-state index contributed by atoms with van der Waals surface area (Å²) < 4.78 is 36.8. The molecule has 0 bridgehead atoms. The summed E-state index contributed by atoms with van der Waals surface area (Å²) in [5.74, 6) is -0.999. The van der Waals surface area contributed by atoms with Gasteiger partial charge in [0.2, 0.25) is 0 Å². The Morgan fingerprint density at radius 2 is 2.15 bits per heavy atom. The van der Waals surface area contributed by atoms with Crippen LogP contribution in [0.5, 0.6) is 0 Å². The zero-order valence-corrected chi connectivity index (χ0v) is 6.48. The van der Waals surface area contributed by atoms with Gasteiger partial charge < -0.3 is 10.7 Å². The molecule has 0 saturated carbocycles. The maximum absolute atomic E-state index is 12.8. The number of rotatable bonds is 2. The van der Waals surface area contributed by atoms with Crippen LogP contribution in [0.15, 0.2) is 10.9 Å². The molecule has 0 aromatic carbocycles. The molecule has 1 aromatic rings. The summed E-state index contributed by atoms with van der Waals surface area (Å²) in [7, 11) is 0. The molecule has 72 valence electrons. The average molecular weight is 192 g/mol. The van der Waals surface area contributed by atoms with E-state index in [1.807, 2.05) is 4.98 Å². The van der Waals surface area contributed by atoms with Gasteiger partial charge in [0.25, 0.3) is 12.0 Å². The quantitative estimate of drug-likeness (QED) is 0.731. The molecule has 0 spiro atoms. The van der Waals surface area contributed by atoms with Crippen LogP contribution >= 0.6 is 0 Å². The summed E-state index contributed by atoms with van der Waals surface area (Å²) in [6.45, 7) is -0.315. The fraction of sp³-hybridized carbons (Fsp3) is 0.286. The number of nitrogens with two attached hydrogens (primary N) is 1. The molecule has 0 atom stereocenters. The lowest BCUT2D eigenvalue weighted by molar-refractivity contribution is 0.145. The molecular formula is C7H7F3N2O. The first-order valence-corrected chi connectivity index (χ1v) is 3.46. The Bertz CT molecular complexity index is 361. The molecule has 13 heavy (non-hydrogen) atoms. The molecule has 6 heteroatoms. The zero-order chi connectivity index (χ0) is 10.0. The van der Waals surface area contributed by atoms with E-state index in [2.05, 4.69) is 0 Å². The SMILES string of the molecule is NCc1c(F)cc(C(F)F)[nH]c1=O. The van der Waals surface area contributed by atoms with Crippen LogP contribution in [0.25, 0.3) is 0 Å². The van der Waals surface area contributed by atoms with Crippen LogP contribution in [-0.4, -0.2) is 4.98 Å². The Morgan fingerprint density at radius 1 is 1.54 bits per heavy atom. The van der Waals surface area contributed by atoms with E-state index in [-0.39, 0.29) is 12.1 Å². The lowest BCUT2D eigenvalue weighted by atomic mass is 10.2. The van der Waals surface area contributed by atoms with E-state index in [9.17, 15) is 18.0 Å². The number of alkyl halides is 2. The lowest BCUT2D eigenvalue weighted by Gasteiger charge is -2.02. The van der Waals surface area contributed by atoms with Gasteiger partial charge in [0.15, 0.2) is 0 Å². The topological polar surface area (TPSA) is 58.9 Å². The van der Waals surface area contributed by atoms with E-state index >= 15 is 0 Å². The minimum atomic E-state index is -2.89. The molecule has 0 aliphatic rings. The number of halogens is 3. The fourth-order valence-corrected chi connectivity index (χ4v) is 0.882. The van der Waals surface area contributed by atoms with Gasteiger partial charge in [-0.1, -0.05) is 0 Å². The monoisotopic (exact) mass is 192 g/mol. The van der Waals surface area contributed by atoms with E-state index in [0.29, 0.717) is 6.07 Å². The first-order chi connectivity index (χ1) is 6.06. The van der Waals surface area contributed by atoms with Crippen LogP contribution in [0, 0.1) is 5.82 Å².